The number of nitrogens with zero attached hydrogens (tertiary/aromatic N) is 1. The summed E-state index contributed by atoms with van der Waals surface area (Å²) in [6.07, 6.45) is 1.57. The number of hydrogen-bond donors (Lipinski definition) is 1. The van der Waals surface area contributed by atoms with Crippen LogP contribution in [0.5, 0.6) is 5.75 Å². The van der Waals surface area contributed by atoms with Crippen LogP contribution in [0.3, 0.4) is 0 Å². The number of halogens is 2. The highest BCUT2D eigenvalue weighted by Gasteiger charge is 2.26. The van der Waals surface area contributed by atoms with Gasteiger partial charge in [0.25, 0.3) is 5.91 Å². The van der Waals surface area contributed by atoms with Crippen LogP contribution in [0.2, 0.25) is 0 Å². The van der Waals surface area contributed by atoms with Crippen LogP contribution in [-0.4, -0.2) is 19.5 Å². The van der Waals surface area contributed by atoms with Gasteiger partial charge in [0.2, 0.25) is 0 Å². The summed E-state index contributed by atoms with van der Waals surface area (Å²) in [5.41, 5.74) is 1.11. The van der Waals surface area contributed by atoms with Crippen LogP contribution in [0.1, 0.15) is 5.56 Å². The van der Waals surface area contributed by atoms with Crippen LogP contribution in [0, 0.1) is 0 Å². The monoisotopic (exact) mass is 592 g/mol. The maximum atomic E-state index is 12.8. The molecule has 3 aromatic rings. The molecule has 0 aliphatic carbocycles. The van der Waals surface area contributed by atoms with Crippen molar-refractivity contribution in [1.29, 1.82) is 0 Å². The summed E-state index contributed by atoms with van der Waals surface area (Å²) in [4.78, 5) is 17.3. The van der Waals surface area contributed by atoms with Crippen molar-refractivity contribution < 1.29 is 17.4 Å². The Kier molecular flexibility index (Phi) is 6.85. The van der Waals surface area contributed by atoms with Gasteiger partial charge in [-0.15, -0.1) is 0 Å². The Morgan fingerprint density at radius 3 is 2.31 bits per heavy atom. The summed E-state index contributed by atoms with van der Waals surface area (Å²) in [7, 11) is -4.08. The van der Waals surface area contributed by atoms with Crippen molar-refractivity contribution in [2.24, 2.45) is 4.99 Å². The molecule has 32 heavy (non-hydrogen) atoms. The van der Waals surface area contributed by atoms with Crippen LogP contribution < -0.4 is 9.50 Å². The number of nitrogens with one attached hydrogen (secondary N) is 1. The SMILES string of the molecule is O=C1NC(=Nc2ccccc2)S/C1=C\c1cc(Br)cc(Br)c1OS(=O)(=O)c1ccccc1. The predicted molar refractivity (Wildman–Crippen MR) is 133 cm³/mol. The summed E-state index contributed by atoms with van der Waals surface area (Å²) in [6, 6.07) is 20.4. The van der Waals surface area contributed by atoms with Crippen LogP contribution in [-0.2, 0) is 14.9 Å². The van der Waals surface area contributed by atoms with Gasteiger partial charge in [0.1, 0.15) is 4.90 Å². The predicted octanol–water partition coefficient (Wildman–Crippen LogP) is 5.87. The van der Waals surface area contributed by atoms with E-state index in [1.807, 2.05) is 30.3 Å². The van der Waals surface area contributed by atoms with Gasteiger partial charge in [0.05, 0.1) is 15.1 Å². The van der Waals surface area contributed by atoms with Crippen LogP contribution in [0.4, 0.5) is 5.69 Å². The molecule has 4 rings (SSSR count). The van der Waals surface area contributed by atoms with E-state index in [-0.39, 0.29) is 16.6 Å². The minimum atomic E-state index is -4.08. The molecule has 0 atom stereocenters. The maximum Gasteiger partial charge on any atom is 0.339 e. The Hall–Kier alpha value is -2.40. The Morgan fingerprint density at radius 2 is 1.62 bits per heavy atom. The topological polar surface area (TPSA) is 84.8 Å². The third-order valence-electron chi connectivity index (χ3n) is 4.19. The third kappa shape index (κ3) is 5.32. The van der Waals surface area contributed by atoms with Gasteiger partial charge in [0, 0.05) is 10.0 Å². The van der Waals surface area contributed by atoms with E-state index in [0.717, 1.165) is 11.8 Å². The molecule has 1 heterocycles. The van der Waals surface area contributed by atoms with Crippen molar-refractivity contribution in [3.05, 3.63) is 92.2 Å². The number of rotatable bonds is 5. The van der Waals surface area contributed by atoms with Crippen molar-refractivity contribution in [2.45, 2.75) is 4.90 Å². The molecule has 0 aromatic heterocycles. The van der Waals surface area contributed by atoms with Gasteiger partial charge < -0.3 is 9.50 Å². The zero-order valence-corrected chi connectivity index (χ0v) is 21.0. The lowest BCUT2D eigenvalue weighted by molar-refractivity contribution is -0.115. The van der Waals surface area contributed by atoms with Crippen molar-refractivity contribution in [3.8, 4) is 5.75 Å². The molecule has 3 aromatic carbocycles. The second-order valence-corrected chi connectivity index (χ2v) is 10.8. The highest BCUT2D eigenvalue weighted by atomic mass is 79.9. The smallest absolute Gasteiger partial charge is 0.339 e. The van der Waals surface area contributed by atoms with Crippen molar-refractivity contribution in [3.63, 3.8) is 0 Å². The standard InChI is InChI=1S/C22H14Br2N2O4S2/c23-15-11-14(12-19-21(27)26-22(31-19)25-16-7-3-1-4-8-16)20(18(24)13-15)30-32(28,29)17-9-5-2-6-10-17/h1-13H,(H,25,26,27)/b19-12-. The van der Waals surface area contributed by atoms with Crippen molar-refractivity contribution >= 4 is 76.6 Å². The largest absolute Gasteiger partial charge is 0.377 e. The third-order valence-corrected chi connectivity index (χ3v) is 7.38. The number of amides is 1. The van der Waals surface area contributed by atoms with Crippen LogP contribution in [0.25, 0.3) is 6.08 Å². The number of aliphatic imine (C=N–C) groups is 1. The lowest BCUT2D eigenvalue weighted by Gasteiger charge is -2.12. The van der Waals surface area contributed by atoms with Gasteiger partial charge in [-0.1, -0.05) is 52.3 Å². The Bertz CT molecular complexity index is 1340. The van der Waals surface area contributed by atoms with E-state index >= 15 is 0 Å². The van der Waals surface area contributed by atoms with Gasteiger partial charge in [-0.25, -0.2) is 4.99 Å². The minimum Gasteiger partial charge on any atom is -0.377 e. The summed E-state index contributed by atoms with van der Waals surface area (Å²) in [5.74, 6) is -0.260. The summed E-state index contributed by atoms with van der Waals surface area (Å²) < 4.78 is 32.1. The molecule has 1 saturated heterocycles. The first kappa shape index (κ1) is 22.8. The number of thioether (sulfide) groups is 1. The van der Waals surface area contributed by atoms with Gasteiger partial charge in [-0.3, -0.25) is 4.79 Å². The molecule has 1 aliphatic rings. The Labute approximate surface area is 206 Å². The van der Waals surface area contributed by atoms with E-state index in [1.165, 1.54) is 12.1 Å². The molecular weight excluding hydrogens is 580 g/mol. The average Bonchev–Trinajstić information content (AvgIpc) is 3.10. The Morgan fingerprint density at radius 1 is 0.969 bits per heavy atom. The summed E-state index contributed by atoms with van der Waals surface area (Å²) in [6.45, 7) is 0. The second-order valence-electron chi connectivity index (χ2n) is 6.47. The fourth-order valence-electron chi connectivity index (χ4n) is 2.76. The van der Waals surface area contributed by atoms with Gasteiger partial charge >= 0.3 is 10.1 Å². The molecule has 0 saturated carbocycles. The highest BCUT2D eigenvalue weighted by Crippen LogP contribution is 2.38. The molecular formula is C22H14Br2N2O4S2. The molecule has 6 nitrogen and oxygen atoms in total. The highest BCUT2D eigenvalue weighted by molar-refractivity contribution is 9.11. The van der Waals surface area contributed by atoms with Crippen molar-refractivity contribution in [1.82, 2.24) is 5.32 Å². The molecule has 0 radical (unpaired) electrons. The van der Waals surface area contributed by atoms with Crippen molar-refractivity contribution in [2.75, 3.05) is 0 Å². The lowest BCUT2D eigenvalue weighted by atomic mass is 10.2. The number of carbonyl (C=O) groups is 1. The van der Waals surface area contributed by atoms with Crippen LogP contribution >= 0.6 is 43.6 Å². The normalized spacial score (nSPS) is 16.4. The molecule has 0 unspecified atom stereocenters. The summed E-state index contributed by atoms with van der Waals surface area (Å²) in [5, 5.41) is 3.15. The first-order valence-electron chi connectivity index (χ1n) is 9.15. The zero-order chi connectivity index (χ0) is 22.7. The van der Waals surface area contributed by atoms with E-state index in [4.69, 9.17) is 4.18 Å². The number of para-hydroxylation sites is 1. The molecule has 1 N–H and O–H groups in total. The molecule has 0 spiro atoms. The second kappa shape index (κ2) is 9.62. The molecule has 1 fully saturated rings. The van der Waals surface area contributed by atoms with Gasteiger partial charge in [-0.05, 0) is 70.2 Å². The number of hydrogen-bond acceptors (Lipinski definition) is 6. The molecule has 10 heteroatoms. The first-order valence-corrected chi connectivity index (χ1v) is 13.0. The number of amidine groups is 1. The molecule has 162 valence electrons. The van der Waals surface area contributed by atoms with Gasteiger partial charge in [-0.2, -0.15) is 8.42 Å². The molecule has 1 amide bonds. The quantitative estimate of drug-likeness (QED) is 0.295. The lowest BCUT2D eigenvalue weighted by Crippen LogP contribution is -2.19. The Balaban J connectivity index is 1.69. The zero-order valence-electron chi connectivity index (χ0n) is 16.2. The average molecular weight is 594 g/mol. The van der Waals surface area contributed by atoms with E-state index in [2.05, 4.69) is 42.2 Å². The van der Waals surface area contributed by atoms with E-state index < -0.39 is 10.1 Å². The first-order chi connectivity index (χ1) is 15.3. The van der Waals surface area contributed by atoms with E-state index in [1.54, 1.807) is 36.4 Å². The van der Waals surface area contributed by atoms with Gasteiger partial charge in [0.15, 0.2) is 10.9 Å². The van der Waals surface area contributed by atoms with E-state index in [9.17, 15) is 13.2 Å². The molecule has 1 aliphatic heterocycles. The summed E-state index contributed by atoms with van der Waals surface area (Å²) >= 11 is 7.92. The molecule has 0 bridgehead atoms. The fraction of sp³-hybridized carbons (Fsp3) is 0. The number of benzene rings is 3. The maximum absolute atomic E-state index is 12.8. The number of carbonyl (C=O) groups excluding carboxylic acids is 1. The van der Waals surface area contributed by atoms with Crippen LogP contribution in [0.15, 0.2) is 96.5 Å². The minimum absolute atomic E-state index is 0.0266. The van der Waals surface area contributed by atoms with E-state index in [0.29, 0.717) is 30.3 Å². The fourth-order valence-corrected chi connectivity index (χ4v) is 6.03.